The zero-order chi connectivity index (χ0) is 21.3. The number of aromatic nitrogens is 1. The van der Waals surface area contributed by atoms with Crippen molar-refractivity contribution in [2.24, 2.45) is 4.99 Å². The van der Waals surface area contributed by atoms with Gasteiger partial charge < -0.3 is 18.9 Å². The molecule has 0 N–H and O–H groups in total. The van der Waals surface area contributed by atoms with Crippen LogP contribution in [-0.4, -0.2) is 40.8 Å². The zero-order valence-electron chi connectivity index (χ0n) is 17.1. The fraction of sp³-hybridized carbons (Fsp3) is 0.318. The Hall–Kier alpha value is -2.38. The molecule has 3 aromatic rings. The number of likely N-dealkylation sites (tertiary alicyclic amines) is 1. The summed E-state index contributed by atoms with van der Waals surface area (Å²) in [7, 11) is 0. The third-order valence-electron chi connectivity index (χ3n) is 5.04. The molecule has 2 aromatic carbocycles. The van der Waals surface area contributed by atoms with Gasteiger partial charge in [-0.3, -0.25) is 0 Å². The maximum Gasteiger partial charge on any atom is 0.231 e. The number of halogens is 2. The van der Waals surface area contributed by atoms with Gasteiger partial charge in [-0.05, 0) is 36.6 Å². The Labute approximate surface area is 184 Å². The molecule has 1 aromatic heterocycles. The number of nitrogens with zero attached hydrogens (tertiary/aromatic N) is 3. The van der Waals surface area contributed by atoms with Crippen LogP contribution >= 0.6 is 23.4 Å². The summed E-state index contributed by atoms with van der Waals surface area (Å²) in [6.07, 6.45) is 3.91. The number of hydrogen-bond acceptors (Lipinski definition) is 4. The molecule has 0 amide bonds. The van der Waals surface area contributed by atoms with E-state index in [0.717, 1.165) is 46.3 Å². The van der Waals surface area contributed by atoms with Gasteiger partial charge in [-0.1, -0.05) is 37.2 Å². The first-order chi connectivity index (χ1) is 14.6. The molecule has 0 unspecified atom stereocenters. The standard InChI is InChI=1S/C20H17ClFN3O2S.C2H6/c1-28-20(23-13-3-5-18-19(7-13)27-11-26-18)24-8-14(9-24)25-10-16(21)15-6-12(22)2-4-17(15)25;1-2/h2-7,10,14H,8-9,11H2,1H3;1-2H3. The van der Waals surface area contributed by atoms with Crippen LogP contribution in [0.3, 0.4) is 0 Å². The predicted octanol–water partition coefficient (Wildman–Crippen LogP) is 6.10. The van der Waals surface area contributed by atoms with Crippen molar-refractivity contribution in [3.05, 3.63) is 53.4 Å². The molecule has 2 aliphatic rings. The lowest BCUT2D eigenvalue weighted by Crippen LogP contribution is -2.49. The molecule has 5 nitrogen and oxygen atoms in total. The van der Waals surface area contributed by atoms with Gasteiger partial charge >= 0.3 is 0 Å². The van der Waals surface area contributed by atoms with Crippen LogP contribution in [0.1, 0.15) is 19.9 Å². The molecule has 158 valence electrons. The molecule has 5 rings (SSSR count). The Morgan fingerprint density at radius 1 is 1.13 bits per heavy atom. The lowest BCUT2D eigenvalue weighted by Gasteiger charge is -2.41. The maximum atomic E-state index is 13.5. The minimum Gasteiger partial charge on any atom is -0.454 e. The van der Waals surface area contributed by atoms with Gasteiger partial charge in [0.1, 0.15) is 5.82 Å². The Bertz CT molecular complexity index is 1100. The molecule has 0 spiro atoms. The second-order valence-corrected chi connectivity index (χ2v) is 7.92. The van der Waals surface area contributed by atoms with Gasteiger partial charge in [0, 0.05) is 30.7 Å². The highest BCUT2D eigenvalue weighted by atomic mass is 35.5. The van der Waals surface area contributed by atoms with E-state index in [1.165, 1.54) is 12.1 Å². The second-order valence-electron chi connectivity index (χ2n) is 6.74. The Balaban J connectivity index is 0.00000106. The molecule has 0 radical (unpaired) electrons. The molecule has 1 fully saturated rings. The van der Waals surface area contributed by atoms with Crippen LogP contribution in [0.25, 0.3) is 10.9 Å². The van der Waals surface area contributed by atoms with E-state index >= 15 is 0 Å². The summed E-state index contributed by atoms with van der Waals surface area (Å²) in [4.78, 5) is 6.99. The van der Waals surface area contributed by atoms with Gasteiger partial charge in [-0.15, -0.1) is 0 Å². The van der Waals surface area contributed by atoms with E-state index in [2.05, 4.69) is 9.47 Å². The highest BCUT2D eigenvalue weighted by Crippen LogP contribution is 2.37. The normalized spacial score (nSPS) is 15.8. The Kier molecular flexibility index (Phi) is 6.11. The van der Waals surface area contributed by atoms with Gasteiger partial charge in [-0.25, -0.2) is 9.38 Å². The van der Waals surface area contributed by atoms with Crippen molar-refractivity contribution in [1.82, 2.24) is 9.47 Å². The number of fused-ring (bicyclic) bond motifs is 2. The highest BCUT2D eigenvalue weighted by molar-refractivity contribution is 8.13. The summed E-state index contributed by atoms with van der Waals surface area (Å²) in [5, 5.41) is 2.27. The molecule has 1 saturated heterocycles. The van der Waals surface area contributed by atoms with Crippen molar-refractivity contribution < 1.29 is 13.9 Å². The van der Waals surface area contributed by atoms with E-state index in [4.69, 9.17) is 26.1 Å². The number of aliphatic imine (C=N–C) groups is 1. The number of rotatable bonds is 2. The smallest absolute Gasteiger partial charge is 0.231 e. The highest BCUT2D eigenvalue weighted by Gasteiger charge is 2.31. The number of amidine groups is 1. The molecule has 0 bridgehead atoms. The number of ether oxygens (including phenoxy) is 2. The maximum absolute atomic E-state index is 13.5. The second kappa shape index (κ2) is 8.78. The van der Waals surface area contributed by atoms with Crippen LogP contribution < -0.4 is 9.47 Å². The van der Waals surface area contributed by atoms with E-state index in [1.54, 1.807) is 17.8 Å². The third-order valence-corrected chi connectivity index (χ3v) is 6.05. The first kappa shape index (κ1) is 20.9. The fourth-order valence-electron chi connectivity index (χ4n) is 3.59. The van der Waals surface area contributed by atoms with Gasteiger partial charge in [-0.2, -0.15) is 0 Å². The van der Waals surface area contributed by atoms with Crippen molar-refractivity contribution in [2.45, 2.75) is 19.9 Å². The topological polar surface area (TPSA) is 39.0 Å². The van der Waals surface area contributed by atoms with Crippen LogP contribution in [0.2, 0.25) is 5.02 Å². The van der Waals surface area contributed by atoms with Gasteiger partial charge in [0.2, 0.25) is 6.79 Å². The first-order valence-corrected chi connectivity index (χ1v) is 11.5. The fourth-order valence-corrected chi connectivity index (χ4v) is 4.45. The summed E-state index contributed by atoms with van der Waals surface area (Å²) in [6.45, 7) is 5.90. The van der Waals surface area contributed by atoms with Crippen LogP contribution in [0, 0.1) is 5.82 Å². The predicted molar refractivity (Wildman–Crippen MR) is 122 cm³/mol. The first-order valence-electron chi connectivity index (χ1n) is 9.85. The summed E-state index contributed by atoms with van der Waals surface area (Å²) in [5.74, 6) is 1.20. The molecule has 0 atom stereocenters. The summed E-state index contributed by atoms with van der Waals surface area (Å²) < 4.78 is 26.4. The van der Waals surface area contributed by atoms with Crippen LogP contribution in [0.4, 0.5) is 10.1 Å². The van der Waals surface area contributed by atoms with Crippen molar-refractivity contribution in [3.63, 3.8) is 0 Å². The van der Waals surface area contributed by atoms with E-state index < -0.39 is 0 Å². The molecule has 30 heavy (non-hydrogen) atoms. The van der Waals surface area contributed by atoms with Crippen LogP contribution in [-0.2, 0) is 0 Å². The van der Waals surface area contributed by atoms with Crippen molar-refractivity contribution in [1.29, 1.82) is 0 Å². The summed E-state index contributed by atoms with van der Waals surface area (Å²) in [5.41, 5.74) is 1.79. The molecular weight excluding hydrogens is 425 g/mol. The lowest BCUT2D eigenvalue weighted by molar-refractivity contribution is 0.174. The molecular formula is C22H23ClFN3O2S. The summed E-state index contributed by atoms with van der Waals surface area (Å²) in [6, 6.07) is 10.7. The van der Waals surface area contributed by atoms with Crippen molar-refractivity contribution in [2.75, 3.05) is 26.1 Å². The molecule has 0 aliphatic carbocycles. The largest absolute Gasteiger partial charge is 0.454 e. The average Bonchev–Trinajstić information content (AvgIpc) is 3.32. The SMILES string of the molecule is CC.CSC(=Nc1ccc2c(c1)OCO2)N1CC(n2cc(Cl)c3cc(F)ccc32)C1. The van der Waals surface area contributed by atoms with Crippen molar-refractivity contribution >= 4 is 45.1 Å². The minimum absolute atomic E-state index is 0.253. The Morgan fingerprint density at radius 3 is 2.67 bits per heavy atom. The number of hydrogen-bond donors (Lipinski definition) is 0. The van der Waals surface area contributed by atoms with E-state index in [9.17, 15) is 4.39 Å². The lowest BCUT2D eigenvalue weighted by atomic mass is 10.1. The molecule has 8 heteroatoms. The van der Waals surface area contributed by atoms with E-state index in [1.807, 2.05) is 44.5 Å². The van der Waals surface area contributed by atoms with Gasteiger partial charge in [0.15, 0.2) is 16.7 Å². The molecule has 2 aliphatic heterocycles. The Morgan fingerprint density at radius 2 is 1.90 bits per heavy atom. The molecule has 3 heterocycles. The summed E-state index contributed by atoms with van der Waals surface area (Å²) >= 11 is 7.91. The minimum atomic E-state index is -0.275. The monoisotopic (exact) mass is 447 g/mol. The van der Waals surface area contributed by atoms with Gasteiger partial charge in [0.25, 0.3) is 0 Å². The number of thioether (sulfide) groups is 1. The van der Waals surface area contributed by atoms with E-state index in [-0.39, 0.29) is 18.7 Å². The van der Waals surface area contributed by atoms with Crippen LogP contribution in [0.15, 0.2) is 47.6 Å². The van der Waals surface area contributed by atoms with Crippen LogP contribution in [0.5, 0.6) is 11.5 Å². The quantitative estimate of drug-likeness (QED) is 0.351. The third kappa shape index (κ3) is 3.84. The number of benzene rings is 2. The van der Waals surface area contributed by atoms with Crippen molar-refractivity contribution in [3.8, 4) is 11.5 Å². The zero-order valence-corrected chi connectivity index (χ0v) is 18.6. The van der Waals surface area contributed by atoms with Gasteiger partial charge in [0.05, 0.1) is 22.3 Å². The average molecular weight is 448 g/mol. The molecule has 0 saturated carbocycles. The van der Waals surface area contributed by atoms with E-state index in [0.29, 0.717) is 5.02 Å².